The van der Waals surface area contributed by atoms with Crippen LogP contribution in [0.3, 0.4) is 0 Å². The summed E-state index contributed by atoms with van der Waals surface area (Å²) in [6.45, 7) is 5.60. The van der Waals surface area contributed by atoms with Gasteiger partial charge in [0.25, 0.3) is 22.2 Å². The van der Waals surface area contributed by atoms with Crippen molar-refractivity contribution in [1.29, 1.82) is 0 Å². The van der Waals surface area contributed by atoms with Crippen LogP contribution in [-0.4, -0.2) is 62.3 Å². The Morgan fingerprint density at radius 2 is 0.920 bits per heavy atom. The van der Waals surface area contributed by atoms with Gasteiger partial charge in [-0.1, -0.05) is 74.4 Å². The Morgan fingerprint density at radius 1 is 0.507 bits per heavy atom. The number of nitrogens with zero attached hydrogens (tertiary/aromatic N) is 10. The molecule has 0 aliphatic heterocycles. The van der Waals surface area contributed by atoms with Gasteiger partial charge >= 0.3 is 0 Å². The predicted molar refractivity (Wildman–Crippen MR) is 310 cm³/mol. The number of aromatic nitrogens is 10. The molecule has 0 bridgehead atoms. The van der Waals surface area contributed by atoms with E-state index in [1.165, 1.54) is 73.6 Å². The standard InChI is InChI=1S/2C16H18N4OS.C12H12N2OS.C11H10N2OS/c2*1-17-11-7-8-18-15-12(11)13-14(22-15)16(21)20(9-19-13)10-5-3-2-4-6-10;1-8-3-5-10(6-4-8)14-9(2)13-7-11(16)12(14)15;1-8-12-7-10(15)11(14)13(8)9-5-3-2-4-6-9/h2*7-10H,2-6H2,1H3,(H,17,18);3-7,16H,1-2H3;2-7,15H,1H3. The lowest BCUT2D eigenvalue weighted by molar-refractivity contribution is 0.345. The largest absolute Gasteiger partial charge is 0.387 e. The van der Waals surface area contributed by atoms with Gasteiger partial charge in [-0.25, -0.2) is 29.9 Å². The number of benzene rings is 2. The molecule has 12 rings (SSSR count). The molecule has 0 saturated heterocycles. The van der Waals surface area contributed by atoms with Crippen LogP contribution in [0, 0.1) is 20.8 Å². The number of para-hydroxylation sites is 1. The second kappa shape index (κ2) is 23.7. The first-order valence-electron chi connectivity index (χ1n) is 25.0. The Bertz CT molecular complexity index is 3740. The zero-order valence-electron chi connectivity index (χ0n) is 42.4. The molecule has 2 aliphatic carbocycles. The average molecular weight is 1080 g/mol. The molecule has 386 valence electrons. The van der Waals surface area contributed by atoms with Gasteiger partial charge in [-0.05, 0) is 82.9 Å². The van der Waals surface area contributed by atoms with Crippen molar-refractivity contribution in [3.05, 3.63) is 163 Å². The molecule has 10 aromatic rings. The van der Waals surface area contributed by atoms with Crippen LogP contribution in [0.4, 0.5) is 11.4 Å². The molecule has 75 heavy (non-hydrogen) atoms. The van der Waals surface area contributed by atoms with E-state index >= 15 is 0 Å². The van der Waals surface area contributed by atoms with Crippen molar-refractivity contribution in [2.75, 3.05) is 24.7 Å². The van der Waals surface area contributed by atoms with Crippen molar-refractivity contribution in [2.24, 2.45) is 0 Å². The third-order valence-corrected chi connectivity index (χ3v) is 16.4. The zero-order chi connectivity index (χ0) is 52.8. The lowest BCUT2D eigenvalue weighted by Gasteiger charge is -2.23. The van der Waals surface area contributed by atoms with Gasteiger partial charge in [0.1, 0.15) is 30.7 Å². The number of thiophene rings is 2. The van der Waals surface area contributed by atoms with Crippen molar-refractivity contribution < 1.29 is 0 Å². The number of hydrogen-bond acceptors (Lipinski definition) is 16. The lowest BCUT2D eigenvalue weighted by Crippen LogP contribution is -2.26. The molecular weight excluding hydrogens is 1020 g/mol. The molecule has 0 unspecified atom stereocenters. The maximum atomic E-state index is 12.9. The summed E-state index contributed by atoms with van der Waals surface area (Å²) < 4.78 is 8.23. The molecule has 2 fully saturated rings. The monoisotopic (exact) mass is 1080 g/mol. The lowest BCUT2D eigenvalue weighted by atomic mass is 9.95. The van der Waals surface area contributed by atoms with E-state index in [-0.39, 0.29) is 22.2 Å². The Morgan fingerprint density at radius 3 is 1.33 bits per heavy atom. The van der Waals surface area contributed by atoms with E-state index in [4.69, 9.17) is 0 Å². The average Bonchev–Trinajstić information content (AvgIpc) is 4.04. The fourth-order valence-corrected chi connectivity index (χ4v) is 12.2. The van der Waals surface area contributed by atoms with Gasteiger partial charge in [0.15, 0.2) is 0 Å². The van der Waals surface area contributed by atoms with E-state index in [0.29, 0.717) is 33.5 Å². The van der Waals surface area contributed by atoms with E-state index in [1.54, 1.807) is 48.0 Å². The summed E-state index contributed by atoms with van der Waals surface area (Å²) in [5.41, 5.74) is 6.16. The summed E-state index contributed by atoms with van der Waals surface area (Å²) in [4.78, 5) is 78.2. The highest BCUT2D eigenvalue weighted by molar-refractivity contribution is 7.80. The second-order valence-corrected chi connectivity index (χ2v) is 21.4. The summed E-state index contributed by atoms with van der Waals surface area (Å²) in [7, 11) is 3.75. The van der Waals surface area contributed by atoms with Crippen LogP contribution in [0.5, 0.6) is 0 Å². The molecule has 2 aromatic carbocycles. The number of fused-ring (bicyclic) bond motifs is 6. The molecule has 2 saturated carbocycles. The summed E-state index contributed by atoms with van der Waals surface area (Å²) in [6.07, 6.45) is 21.6. The van der Waals surface area contributed by atoms with Gasteiger partial charge in [-0.2, -0.15) is 0 Å². The minimum atomic E-state index is -0.142. The van der Waals surface area contributed by atoms with Crippen molar-refractivity contribution in [2.45, 2.75) is 107 Å². The molecule has 0 spiro atoms. The Kier molecular flexibility index (Phi) is 16.7. The molecule has 8 aromatic heterocycles. The number of pyridine rings is 2. The van der Waals surface area contributed by atoms with Crippen LogP contribution in [0.25, 0.3) is 52.2 Å². The summed E-state index contributed by atoms with van der Waals surface area (Å²) >= 11 is 11.1. The predicted octanol–water partition coefficient (Wildman–Crippen LogP) is 11.1. The summed E-state index contributed by atoms with van der Waals surface area (Å²) in [5.74, 6) is 1.32. The van der Waals surface area contributed by atoms with E-state index in [2.05, 4.69) is 65.8 Å². The fourth-order valence-electron chi connectivity index (χ4n) is 9.72. The number of aryl methyl sites for hydroxylation is 3. The normalized spacial score (nSPS) is 13.9. The van der Waals surface area contributed by atoms with Gasteiger partial charge in [0, 0.05) is 62.3 Å². The molecule has 0 radical (unpaired) electrons. The highest BCUT2D eigenvalue weighted by Gasteiger charge is 2.22. The quantitative estimate of drug-likeness (QED) is 0.116. The number of nitrogens with one attached hydrogen (secondary N) is 2. The topological polar surface area (TPSA) is 189 Å². The second-order valence-electron chi connectivity index (χ2n) is 18.5. The van der Waals surface area contributed by atoms with Crippen molar-refractivity contribution in [3.63, 3.8) is 0 Å². The number of rotatable bonds is 6. The van der Waals surface area contributed by atoms with Crippen LogP contribution < -0.4 is 32.9 Å². The molecule has 2 N–H and O–H groups in total. The molecule has 8 heterocycles. The van der Waals surface area contributed by atoms with Gasteiger partial charge in [-0.3, -0.25) is 37.4 Å². The maximum absolute atomic E-state index is 12.9. The number of anilines is 2. The summed E-state index contributed by atoms with van der Waals surface area (Å²) in [6, 6.07) is 21.6. The summed E-state index contributed by atoms with van der Waals surface area (Å²) in [5, 5.41) is 8.24. The van der Waals surface area contributed by atoms with Crippen molar-refractivity contribution in [1.82, 2.24) is 48.2 Å². The fraction of sp³-hybridized carbons (Fsp3) is 0.309. The highest BCUT2D eigenvalue weighted by Crippen LogP contribution is 2.36. The van der Waals surface area contributed by atoms with Crippen molar-refractivity contribution >= 4 is 100 Å². The molecule has 20 heteroatoms. The Hall–Kier alpha value is -7.00. The third-order valence-electron chi connectivity index (χ3n) is 13.6. The van der Waals surface area contributed by atoms with Crippen LogP contribution in [0.2, 0.25) is 0 Å². The first-order chi connectivity index (χ1) is 36.4. The Balaban J connectivity index is 0.000000124. The molecule has 0 amide bonds. The van der Waals surface area contributed by atoms with Crippen LogP contribution >= 0.6 is 47.9 Å². The first-order valence-corrected chi connectivity index (χ1v) is 27.5. The molecule has 2 aliphatic rings. The highest BCUT2D eigenvalue weighted by atomic mass is 32.1. The third kappa shape index (κ3) is 11.2. The van der Waals surface area contributed by atoms with Gasteiger partial charge in [0.05, 0.1) is 55.6 Å². The SMILES string of the molecule is CNc1ccnc2sc3c(=O)n(C4CCCCC4)cnc3c12.CNc1ccnc2sc3c(=O)n(C4CCCCC4)cnc3c12.Cc1ccc(-n2c(C)ncc(S)c2=O)cc1.Cc1ncc(S)c(=O)n1-c1ccccc1. The van der Waals surface area contributed by atoms with Crippen LogP contribution in [0.15, 0.2) is 133 Å². The van der Waals surface area contributed by atoms with Crippen LogP contribution in [-0.2, 0) is 0 Å². The maximum Gasteiger partial charge on any atom is 0.271 e. The van der Waals surface area contributed by atoms with E-state index in [1.807, 2.05) is 96.9 Å². The Labute approximate surface area is 451 Å². The van der Waals surface area contributed by atoms with Gasteiger partial charge in [-0.15, -0.1) is 47.9 Å². The van der Waals surface area contributed by atoms with E-state index < -0.39 is 0 Å². The van der Waals surface area contributed by atoms with Gasteiger partial charge < -0.3 is 10.6 Å². The zero-order valence-corrected chi connectivity index (χ0v) is 45.8. The molecular formula is C55H58N12O4S4. The van der Waals surface area contributed by atoms with Crippen molar-refractivity contribution in [3.8, 4) is 11.4 Å². The van der Waals surface area contributed by atoms with E-state index in [0.717, 1.165) is 94.9 Å². The minimum Gasteiger partial charge on any atom is -0.387 e. The number of hydrogen-bond donors (Lipinski definition) is 4. The van der Waals surface area contributed by atoms with Gasteiger partial charge in [0.2, 0.25) is 0 Å². The molecule has 0 atom stereocenters. The van der Waals surface area contributed by atoms with Crippen LogP contribution in [0.1, 0.15) is 93.5 Å². The molecule has 16 nitrogen and oxygen atoms in total. The first kappa shape index (κ1) is 52.8. The number of thiol groups is 2. The van der Waals surface area contributed by atoms with E-state index in [9.17, 15) is 19.2 Å². The minimum absolute atomic E-state index is 0.0851. The smallest absolute Gasteiger partial charge is 0.271 e.